The van der Waals surface area contributed by atoms with Crippen LogP contribution in [0.4, 0.5) is 0 Å². The van der Waals surface area contributed by atoms with Crippen molar-refractivity contribution in [2.75, 3.05) is 0 Å². The van der Waals surface area contributed by atoms with Crippen LogP contribution in [0.3, 0.4) is 0 Å². The van der Waals surface area contributed by atoms with Crippen LogP contribution in [0.1, 0.15) is 28.8 Å². The molecule has 0 aliphatic heterocycles. The Kier molecular flexibility index (Phi) is 3.74. The van der Waals surface area contributed by atoms with Crippen molar-refractivity contribution in [2.24, 2.45) is 0 Å². The zero-order valence-electron chi connectivity index (χ0n) is 13.0. The molecule has 0 saturated heterocycles. The van der Waals surface area contributed by atoms with Crippen molar-refractivity contribution in [3.8, 4) is 5.69 Å². The fourth-order valence-electron chi connectivity index (χ4n) is 2.66. The van der Waals surface area contributed by atoms with Gasteiger partial charge in [-0.05, 0) is 59.2 Å². The predicted molar refractivity (Wildman–Crippen MR) is 86.3 cm³/mol. The van der Waals surface area contributed by atoms with Crippen LogP contribution in [0, 0.1) is 0 Å². The average molecular weight is 320 g/mol. The van der Waals surface area contributed by atoms with E-state index in [2.05, 4.69) is 20.5 Å². The number of nitrogens with zero attached hydrogens (tertiary/aromatic N) is 6. The molecule has 1 fully saturated rings. The topological polar surface area (TPSA) is 76.8 Å². The van der Waals surface area contributed by atoms with Gasteiger partial charge >= 0.3 is 0 Å². The molecule has 0 radical (unpaired) electrons. The van der Waals surface area contributed by atoms with Gasteiger partial charge in [0.15, 0.2) is 0 Å². The summed E-state index contributed by atoms with van der Waals surface area (Å²) >= 11 is 0. The molecule has 4 rings (SSSR count). The predicted octanol–water partition coefficient (Wildman–Crippen LogP) is 1.86. The smallest absolute Gasteiger partial charge is 0.254 e. The highest BCUT2D eigenvalue weighted by Gasteiger charge is 2.33. The van der Waals surface area contributed by atoms with Crippen LogP contribution in [0.15, 0.2) is 55.1 Å². The Morgan fingerprint density at radius 3 is 2.75 bits per heavy atom. The Balaban J connectivity index is 1.60. The first-order valence-electron chi connectivity index (χ1n) is 7.84. The Hall–Kier alpha value is -3.09. The van der Waals surface area contributed by atoms with E-state index >= 15 is 0 Å². The van der Waals surface area contributed by atoms with Crippen LogP contribution < -0.4 is 0 Å². The molecule has 3 aromatic rings. The maximum Gasteiger partial charge on any atom is 0.254 e. The fourth-order valence-corrected chi connectivity index (χ4v) is 2.66. The van der Waals surface area contributed by atoms with Crippen LogP contribution in [0.25, 0.3) is 5.69 Å². The van der Waals surface area contributed by atoms with E-state index in [1.807, 2.05) is 41.3 Å². The Labute approximate surface area is 138 Å². The van der Waals surface area contributed by atoms with E-state index in [0.29, 0.717) is 18.2 Å². The van der Waals surface area contributed by atoms with E-state index in [9.17, 15) is 4.79 Å². The molecule has 0 bridgehead atoms. The van der Waals surface area contributed by atoms with Gasteiger partial charge in [-0.3, -0.25) is 9.78 Å². The van der Waals surface area contributed by atoms with Crippen LogP contribution in [0.5, 0.6) is 0 Å². The molecular weight excluding hydrogens is 304 g/mol. The molecule has 1 amide bonds. The molecule has 0 N–H and O–H groups in total. The fraction of sp³-hybridized carbons (Fsp3) is 0.235. The summed E-state index contributed by atoms with van der Waals surface area (Å²) in [5, 5.41) is 11.1. The lowest BCUT2D eigenvalue weighted by atomic mass is 10.1. The van der Waals surface area contributed by atoms with Gasteiger partial charge in [0.2, 0.25) is 0 Å². The summed E-state index contributed by atoms with van der Waals surface area (Å²) in [5.74, 6) is 0.0317. The van der Waals surface area contributed by atoms with E-state index in [4.69, 9.17) is 0 Å². The molecule has 0 atom stereocenters. The van der Waals surface area contributed by atoms with E-state index in [0.717, 1.165) is 24.1 Å². The first-order valence-corrected chi connectivity index (χ1v) is 7.84. The zero-order chi connectivity index (χ0) is 16.4. The molecule has 24 heavy (non-hydrogen) atoms. The third kappa shape index (κ3) is 3.01. The third-order valence-corrected chi connectivity index (χ3v) is 4.06. The maximum absolute atomic E-state index is 13.0. The highest BCUT2D eigenvalue weighted by molar-refractivity contribution is 5.95. The SMILES string of the molecule is O=C(c1cccc(-n2cnnn2)c1)N(Cc1ccncc1)C1CC1. The lowest BCUT2D eigenvalue weighted by molar-refractivity contribution is 0.0730. The van der Waals surface area contributed by atoms with Crippen LogP contribution in [-0.4, -0.2) is 42.0 Å². The van der Waals surface area contributed by atoms with Crippen molar-refractivity contribution in [1.29, 1.82) is 0 Å². The van der Waals surface area contributed by atoms with E-state index in [1.54, 1.807) is 17.1 Å². The average Bonchev–Trinajstić information content (AvgIpc) is 3.33. The molecule has 0 unspecified atom stereocenters. The number of amides is 1. The van der Waals surface area contributed by atoms with Gasteiger partial charge in [0.05, 0.1) is 5.69 Å². The summed E-state index contributed by atoms with van der Waals surface area (Å²) < 4.78 is 1.54. The number of pyridine rings is 1. The second-order valence-corrected chi connectivity index (χ2v) is 5.82. The molecule has 7 heteroatoms. The van der Waals surface area contributed by atoms with Crippen molar-refractivity contribution in [3.63, 3.8) is 0 Å². The summed E-state index contributed by atoms with van der Waals surface area (Å²) in [5.41, 5.74) is 2.50. The van der Waals surface area contributed by atoms with E-state index in [1.165, 1.54) is 6.33 Å². The number of hydrogen-bond donors (Lipinski definition) is 0. The summed E-state index contributed by atoms with van der Waals surface area (Å²) in [4.78, 5) is 19.0. The minimum Gasteiger partial charge on any atom is -0.331 e. The second kappa shape index (κ2) is 6.19. The van der Waals surface area contributed by atoms with Gasteiger partial charge in [-0.1, -0.05) is 6.07 Å². The number of benzene rings is 1. The number of rotatable bonds is 5. The molecular formula is C17H16N6O. The zero-order valence-corrected chi connectivity index (χ0v) is 13.0. The quantitative estimate of drug-likeness (QED) is 0.717. The van der Waals surface area contributed by atoms with Gasteiger partial charge in [-0.15, -0.1) is 5.10 Å². The summed E-state index contributed by atoms with van der Waals surface area (Å²) in [6, 6.07) is 11.6. The van der Waals surface area contributed by atoms with Gasteiger partial charge < -0.3 is 4.90 Å². The highest BCUT2D eigenvalue weighted by Crippen LogP contribution is 2.30. The number of carbonyl (C=O) groups excluding carboxylic acids is 1. The molecule has 1 aromatic carbocycles. The number of carbonyl (C=O) groups is 1. The highest BCUT2D eigenvalue weighted by atomic mass is 16.2. The normalized spacial score (nSPS) is 13.7. The van der Waals surface area contributed by atoms with Crippen molar-refractivity contribution in [3.05, 3.63) is 66.2 Å². The van der Waals surface area contributed by atoms with E-state index < -0.39 is 0 Å². The minimum atomic E-state index is 0.0317. The summed E-state index contributed by atoms with van der Waals surface area (Å²) in [6.07, 6.45) is 7.14. The molecule has 7 nitrogen and oxygen atoms in total. The summed E-state index contributed by atoms with van der Waals surface area (Å²) in [6.45, 7) is 0.598. The second-order valence-electron chi connectivity index (χ2n) is 5.82. The molecule has 0 spiro atoms. The van der Waals surface area contributed by atoms with Crippen molar-refractivity contribution in [1.82, 2.24) is 30.1 Å². The Morgan fingerprint density at radius 2 is 2.04 bits per heavy atom. The minimum absolute atomic E-state index is 0.0317. The number of tetrazole rings is 1. The van der Waals surface area contributed by atoms with Crippen molar-refractivity contribution >= 4 is 5.91 Å². The first-order chi connectivity index (χ1) is 11.8. The standard InChI is InChI=1S/C17H16N6O/c24-17(14-2-1-3-16(10-14)23-12-19-20-21-23)22(15-4-5-15)11-13-6-8-18-9-7-13/h1-3,6-10,12,15H,4-5,11H2. The van der Waals surface area contributed by atoms with Gasteiger partial charge in [0.1, 0.15) is 6.33 Å². The molecule has 2 aromatic heterocycles. The molecule has 1 saturated carbocycles. The molecule has 2 heterocycles. The number of hydrogen-bond acceptors (Lipinski definition) is 5. The van der Waals surface area contributed by atoms with Crippen LogP contribution in [0.2, 0.25) is 0 Å². The largest absolute Gasteiger partial charge is 0.331 e. The number of aromatic nitrogens is 5. The lowest BCUT2D eigenvalue weighted by Gasteiger charge is -2.23. The van der Waals surface area contributed by atoms with Crippen molar-refractivity contribution < 1.29 is 4.79 Å². The van der Waals surface area contributed by atoms with Crippen LogP contribution in [-0.2, 0) is 6.54 Å². The molecule has 1 aliphatic carbocycles. The monoisotopic (exact) mass is 320 g/mol. The third-order valence-electron chi connectivity index (χ3n) is 4.06. The summed E-state index contributed by atoms with van der Waals surface area (Å²) in [7, 11) is 0. The van der Waals surface area contributed by atoms with E-state index in [-0.39, 0.29) is 5.91 Å². The first kappa shape index (κ1) is 14.5. The maximum atomic E-state index is 13.0. The Morgan fingerprint density at radius 1 is 1.21 bits per heavy atom. The molecule has 1 aliphatic rings. The Bertz CT molecular complexity index is 829. The van der Waals surface area contributed by atoms with Gasteiger partial charge in [-0.25, -0.2) is 4.68 Å². The lowest BCUT2D eigenvalue weighted by Crippen LogP contribution is -2.32. The van der Waals surface area contributed by atoms with Crippen molar-refractivity contribution in [2.45, 2.75) is 25.4 Å². The molecule has 120 valence electrons. The van der Waals surface area contributed by atoms with Crippen LogP contribution >= 0.6 is 0 Å². The van der Waals surface area contributed by atoms with Gasteiger partial charge in [0.25, 0.3) is 5.91 Å². The van der Waals surface area contributed by atoms with Gasteiger partial charge in [-0.2, -0.15) is 0 Å². The van der Waals surface area contributed by atoms with Gasteiger partial charge in [0, 0.05) is 30.5 Å².